The van der Waals surface area contributed by atoms with Crippen molar-refractivity contribution in [3.63, 3.8) is 0 Å². The molecule has 1 heterocycles. The van der Waals surface area contributed by atoms with Crippen LogP contribution < -0.4 is 5.32 Å². The number of hydrogen-bond acceptors (Lipinski definition) is 2. The van der Waals surface area contributed by atoms with Gasteiger partial charge in [0.1, 0.15) is 5.69 Å². The predicted molar refractivity (Wildman–Crippen MR) is 79.1 cm³/mol. The molecule has 0 spiro atoms. The highest BCUT2D eigenvalue weighted by atomic mass is 35.5. The second kappa shape index (κ2) is 5.26. The lowest BCUT2D eigenvalue weighted by atomic mass is 10.1. The van der Waals surface area contributed by atoms with Gasteiger partial charge >= 0.3 is 5.97 Å². The molecule has 0 saturated heterocycles. The summed E-state index contributed by atoms with van der Waals surface area (Å²) in [5.41, 5.74) is 0.740. The molecule has 108 valence electrons. The first-order valence-corrected chi connectivity index (χ1v) is 6.95. The number of carboxylic acid groups (broad SMARTS) is 1. The van der Waals surface area contributed by atoms with Crippen LogP contribution in [0.4, 0.5) is 5.69 Å². The van der Waals surface area contributed by atoms with Crippen LogP contribution in [-0.2, 0) is 0 Å². The van der Waals surface area contributed by atoms with Gasteiger partial charge in [-0.2, -0.15) is 0 Å². The third-order valence-corrected chi connectivity index (χ3v) is 3.65. The smallest absolute Gasteiger partial charge is 0.337 e. The number of carbonyl (C=O) groups excluding carboxylic acids is 1. The summed E-state index contributed by atoms with van der Waals surface area (Å²) in [6.07, 6.45) is 4.00. The van der Waals surface area contributed by atoms with E-state index in [0.717, 1.165) is 12.8 Å². The van der Waals surface area contributed by atoms with Crippen LogP contribution in [0.5, 0.6) is 0 Å². The summed E-state index contributed by atoms with van der Waals surface area (Å²) >= 11 is 5.79. The van der Waals surface area contributed by atoms with Crippen molar-refractivity contribution in [2.24, 2.45) is 0 Å². The molecule has 0 atom stereocenters. The molecule has 0 radical (unpaired) electrons. The zero-order valence-electron chi connectivity index (χ0n) is 11.0. The van der Waals surface area contributed by atoms with Crippen LogP contribution in [0.2, 0.25) is 5.02 Å². The summed E-state index contributed by atoms with van der Waals surface area (Å²) < 4.78 is 1.92. The number of carbonyl (C=O) groups is 2. The largest absolute Gasteiger partial charge is 0.478 e. The summed E-state index contributed by atoms with van der Waals surface area (Å²) in [5, 5.41) is 12.1. The van der Waals surface area contributed by atoms with Gasteiger partial charge in [-0.05, 0) is 43.2 Å². The number of aromatic nitrogens is 1. The topological polar surface area (TPSA) is 71.3 Å². The lowest BCUT2D eigenvalue weighted by Crippen LogP contribution is -2.18. The van der Waals surface area contributed by atoms with E-state index in [9.17, 15) is 14.7 Å². The number of carboxylic acids is 1. The molecule has 1 aromatic carbocycles. The van der Waals surface area contributed by atoms with Crippen molar-refractivity contribution in [3.8, 4) is 0 Å². The van der Waals surface area contributed by atoms with E-state index < -0.39 is 5.97 Å². The Bertz CT molecular complexity index is 719. The standard InChI is InChI=1S/C15H13ClN2O3/c16-9-3-6-12(11(8-9)15(20)21)17-14(19)13-2-1-7-18(13)10-4-5-10/h1-3,6-8,10H,4-5H2,(H,17,19)(H,20,21). The predicted octanol–water partition coefficient (Wildman–Crippen LogP) is 3.43. The Hall–Kier alpha value is -2.27. The molecule has 1 aromatic heterocycles. The third-order valence-electron chi connectivity index (χ3n) is 3.41. The summed E-state index contributed by atoms with van der Waals surface area (Å²) in [4.78, 5) is 23.5. The normalized spacial score (nSPS) is 14.0. The van der Waals surface area contributed by atoms with Crippen molar-refractivity contribution in [2.75, 3.05) is 5.32 Å². The monoisotopic (exact) mass is 304 g/mol. The molecular weight excluding hydrogens is 292 g/mol. The molecule has 6 heteroatoms. The average molecular weight is 305 g/mol. The highest BCUT2D eigenvalue weighted by Crippen LogP contribution is 2.36. The number of benzene rings is 1. The van der Waals surface area contributed by atoms with Gasteiger partial charge in [-0.25, -0.2) is 4.79 Å². The second-order valence-corrected chi connectivity index (χ2v) is 5.42. The zero-order chi connectivity index (χ0) is 15.0. The van der Waals surface area contributed by atoms with E-state index in [1.54, 1.807) is 12.1 Å². The lowest BCUT2D eigenvalue weighted by Gasteiger charge is -2.11. The van der Waals surface area contributed by atoms with Crippen LogP contribution >= 0.6 is 11.6 Å². The fourth-order valence-electron chi connectivity index (χ4n) is 2.25. The van der Waals surface area contributed by atoms with E-state index in [1.807, 2.05) is 16.8 Å². The highest BCUT2D eigenvalue weighted by Gasteiger charge is 2.27. The van der Waals surface area contributed by atoms with Crippen LogP contribution in [0.3, 0.4) is 0 Å². The van der Waals surface area contributed by atoms with Crippen molar-refractivity contribution >= 4 is 29.2 Å². The van der Waals surface area contributed by atoms with E-state index in [-0.39, 0.29) is 17.2 Å². The van der Waals surface area contributed by atoms with Crippen LogP contribution in [0.15, 0.2) is 36.5 Å². The molecule has 2 N–H and O–H groups in total. The summed E-state index contributed by atoms with van der Waals surface area (Å²) in [6.45, 7) is 0. The number of rotatable bonds is 4. The Morgan fingerprint density at radius 1 is 1.29 bits per heavy atom. The van der Waals surface area contributed by atoms with Crippen molar-refractivity contribution < 1.29 is 14.7 Å². The van der Waals surface area contributed by atoms with E-state index in [0.29, 0.717) is 16.8 Å². The van der Waals surface area contributed by atoms with Gasteiger partial charge in [-0.15, -0.1) is 0 Å². The van der Waals surface area contributed by atoms with Gasteiger partial charge in [-0.1, -0.05) is 11.6 Å². The molecule has 1 amide bonds. The van der Waals surface area contributed by atoms with Gasteiger partial charge in [0.15, 0.2) is 0 Å². The van der Waals surface area contributed by atoms with Gasteiger partial charge < -0.3 is 15.0 Å². The summed E-state index contributed by atoms with van der Waals surface area (Å²) in [6, 6.07) is 8.28. The Morgan fingerprint density at radius 2 is 2.05 bits per heavy atom. The minimum Gasteiger partial charge on any atom is -0.478 e. The first-order chi connectivity index (χ1) is 10.1. The van der Waals surface area contributed by atoms with Crippen LogP contribution in [0.25, 0.3) is 0 Å². The summed E-state index contributed by atoms with van der Waals surface area (Å²) in [5.74, 6) is -1.46. The number of nitrogens with zero attached hydrogens (tertiary/aromatic N) is 1. The third kappa shape index (κ3) is 2.78. The molecule has 3 rings (SSSR count). The molecular formula is C15H13ClN2O3. The number of amides is 1. The van der Waals surface area contributed by atoms with Gasteiger partial charge in [0.2, 0.25) is 0 Å². The van der Waals surface area contributed by atoms with E-state index in [2.05, 4.69) is 5.32 Å². The highest BCUT2D eigenvalue weighted by molar-refractivity contribution is 6.31. The Labute approximate surface area is 126 Å². The molecule has 1 saturated carbocycles. The van der Waals surface area contributed by atoms with Gasteiger partial charge in [-0.3, -0.25) is 4.79 Å². The number of anilines is 1. The maximum absolute atomic E-state index is 12.3. The molecule has 1 fully saturated rings. The molecule has 0 aliphatic heterocycles. The molecule has 5 nitrogen and oxygen atoms in total. The summed E-state index contributed by atoms with van der Waals surface area (Å²) in [7, 11) is 0. The molecule has 2 aromatic rings. The second-order valence-electron chi connectivity index (χ2n) is 4.98. The number of aromatic carboxylic acids is 1. The zero-order valence-corrected chi connectivity index (χ0v) is 11.8. The molecule has 1 aliphatic carbocycles. The SMILES string of the molecule is O=C(O)c1cc(Cl)ccc1NC(=O)c1cccn1C1CC1. The Kier molecular flexibility index (Phi) is 3.43. The average Bonchev–Trinajstić information content (AvgIpc) is 3.17. The van der Waals surface area contributed by atoms with Crippen LogP contribution in [0.1, 0.15) is 39.7 Å². The fourth-order valence-corrected chi connectivity index (χ4v) is 2.42. The fraction of sp³-hybridized carbons (Fsp3) is 0.200. The van der Waals surface area contributed by atoms with E-state index >= 15 is 0 Å². The maximum Gasteiger partial charge on any atom is 0.337 e. The van der Waals surface area contributed by atoms with E-state index in [1.165, 1.54) is 12.1 Å². The van der Waals surface area contributed by atoms with Crippen LogP contribution in [-0.4, -0.2) is 21.6 Å². The van der Waals surface area contributed by atoms with Crippen LogP contribution in [0, 0.1) is 0 Å². The minimum atomic E-state index is -1.13. The Morgan fingerprint density at radius 3 is 2.71 bits per heavy atom. The molecule has 0 bridgehead atoms. The van der Waals surface area contributed by atoms with Gasteiger partial charge in [0, 0.05) is 17.3 Å². The minimum absolute atomic E-state index is 0.0274. The molecule has 1 aliphatic rings. The van der Waals surface area contributed by atoms with Crippen molar-refractivity contribution in [3.05, 3.63) is 52.8 Å². The number of nitrogens with one attached hydrogen (secondary N) is 1. The molecule has 21 heavy (non-hydrogen) atoms. The van der Waals surface area contributed by atoms with Crippen molar-refractivity contribution in [1.29, 1.82) is 0 Å². The lowest BCUT2D eigenvalue weighted by molar-refractivity contribution is 0.0698. The van der Waals surface area contributed by atoms with Gasteiger partial charge in [0.25, 0.3) is 5.91 Å². The van der Waals surface area contributed by atoms with Crippen molar-refractivity contribution in [2.45, 2.75) is 18.9 Å². The first kappa shape index (κ1) is 13.7. The maximum atomic E-state index is 12.3. The van der Waals surface area contributed by atoms with Crippen molar-refractivity contribution in [1.82, 2.24) is 4.57 Å². The molecule has 0 unspecified atom stereocenters. The quantitative estimate of drug-likeness (QED) is 0.909. The van der Waals surface area contributed by atoms with E-state index in [4.69, 9.17) is 11.6 Å². The Balaban J connectivity index is 1.88. The number of halogens is 1. The van der Waals surface area contributed by atoms with Gasteiger partial charge in [0.05, 0.1) is 11.3 Å². The first-order valence-electron chi connectivity index (χ1n) is 6.57. The number of hydrogen-bond donors (Lipinski definition) is 2.